The van der Waals surface area contributed by atoms with Crippen LogP contribution in [-0.4, -0.2) is 29.6 Å². The third-order valence-corrected chi connectivity index (χ3v) is 6.38. The standard InChI is InChI=1S/C21H14F4N4O5S/c1-2-35(33,34)29(19(31)12-6-4-3-5-7-12)15-9-16(14(22)8-13(15)11-26)28-18(30)10-17(21(23,24)25)27-20(28)32/h3-10H,2H2,1H3,(H,27,32). The fourth-order valence-electron chi connectivity index (χ4n) is 3.07. The Labute approximate surface area is 194 Å². The number of H-pyrrole nitrogens is 1. The summed E-state index contributed by atoms with van der Waals surface area (Å²) in [5.74, 6) is -3.17. The predicted molar refractivity (Wildman–Crippen MR) is 115 cm³/mol. The zero-order chi connectivity index (χ0) is 26.1. The van der Waals surface area contributed by atoms with Gasteiger partial charge in [0.05, 0.1) is 22.7 Å². The van der Waals surface area contributed by atoms with E-state index in [1.807, 2.05) is 0 Å². The molecule has 1 N–H and O–H groups in total. The molecule has 14 heteroatoms. The van der Waals surface area contributed by atoms with Crippen molar-refractivity contribution in [1.82, 2.24) is 9.55 Å². The summed E-state index contributed by atoms with van der Waals surface area (Å²) in [7, 11) is -4.46. The Hall–Kier alpha value is -4.25. The second-order valence-corrected chi connectivity index (χ2v) is 9.03. The smallest absolute Gasteiger partial charge is 0.303 e. The molecule has 3 aromatic rings. The van der Waals surface area contributed by atoms with E-state index in [4.69, 9.17) is 0 Å². The summed E-state index contributed by atoms with van der Waals surface area (Å²) in [6.45, 7) is 1.20. The molecule has 1 aromatic heterocycles. The number of anilines is 1. The topological polar surface area (TPSA) is 133 Å². The summed E-state index contributed by atoms with van der Waals surface area (Å²) in [4.78, 5) is 39.1. The van der Waals surface area contributed by atoms with Gasteiger partial charge in [-0.1, -0.05) is 18.2 Å². The first-order valence-corrected chi connectivity index (χ1v) is 11.2. The van der Waals surface area contributed by atoms with Gasteiger partial charge in [-0.2, -0.15) is 18.4 Å². The van der Waals surface area contributed by atoms with Gasteiger partial charge in [0.25, 0.3) is 11.5 Å². The van der Waals surface area contributed by atoms with Crippen molar-refractivity contribution < 1.29 is 30.8 Å². The Bertz CT molecular complexity index is 1540. The summed E-state index contributed by atoms with van der Waals surface area (Å²) in [6, 6.07) is 9.55. The summed E-state index contributed by atoms with van der Waals surface area (Å²) >= 11 is 0. The maximum absolute atomic E-state index is 14.8. The van der Waals surface area contributed by atoms with E-state index in [1.54, 1.807) is 6.07 Å². The molecule has 2 aromatic carbocycles. The first kappa shape index (κ1) is 25.4. The molecule has 182 valence electrons. The fraction of sp³-hybridized carbons (Fsp3) is 0.143. The predicted octanol–water partition coefficient (Wildman–Crippen LogP) is 2.55. The minimum Gasteiger partial charge on any atom is -0.303 e. The third kappa shape index (κ3) is 4.85. The van der Waals surface area contributed by atoms with Gasteiger partial charge in [-0.05, 0) is 31.2 Å². The molecule has 35 heavy (non-hydrogen) atoms. The van der Waals surface area contributed by atoms with E-state index in [2.05, 4.69) is 0 Å². The van der Waals surface area contributed by atoms with Crippen LogP contribution in [0.4, 0.5) is 23.2 Å². The van der Waals surface area contributed by atoms with Crippen LogP contribution in [0, 0.1) is 17.1 Å². The number of nitrogens with one attached hydrogen (secondary N) is 1. The molecule has 9 nitrogen and oxygen atoms in total. The molecule has 0 bridgehead atoms. The number of carbonyl (C=O) groups is 1. The number of carbonyl (C=O) groups excluding carboxylic acids is 1. The van der Waals surface area contributed by atoms with Crippen LogP contribution in [0.15, 0.2) is 58.1 Å². The van der Waals surface area contributed by atoms with E-state index in [0.29, 0.717) is 12.1 Å². The Morgan fingerprint density at radius 2 is 1.77 bits per heavy atom. The number of alkyl halides is 3. The van der Waals surface area contributed by atoms with Crippen molar-refractivity contribution >= 4 is 21.6 Å². The highest BCUT2D eigenvalue weighted by atomic mass is 32.2. The number of hydrogen-bond donors (Lipinski definition) is 1. The van der Waals surface area contributed by atoms with Crippen LogP contribution in [0.3, 0.4) is 0 Å². The lowest BCUT2D eigenvalue weighted by Crippen LogP contribution is -2.39. The molecule has 0 unspecified atom stereocenters. The number of halogens is 4. The lowest BCUT2D eigenvalue weighted by molar-refractivity contribution is -0.141. The second-order valence-electron chi connectivity index (χ2n) is 6.93. The number of nitrogens with zero attached hydrogens (tertiary/aromatic N) is 3. The summed E-state index contributed by atoms with van der Waals surface area (Å²) in [5.41, 5.74) is -7.41. The van der Waals surface area contributed by atoms with E-state index in [-0.39, 0.29) is 20.5 Å². The number of sulfonamides is 1. The summed E-state index contributed by atoms with van der Waals surface area (Å²) in [6.07, 6.45) is -5.08. The highest BCUT2D eigenvalue weighted by Gasteiger charge is 2.34. The zero-order valence-electron chi connectivity index (χ0n) is 17.6. The molecule has 0 spiro atoms. The van der Waals surface area contributed by atoms with Gasteiger partial charge in [0.2, 0.25) is 10.0 Å². The van der Waals surface area contributed by atoms with Gasteiger partial charge in [-0.25, -0.2) is 26.5 Å². The van der Waals surface area contributed by atoms with E-state index in [0.717, 1.165) is 0 Å². The van der Waals surface area contributed by atoms with E-state index in [9.17, 15) is 45.6 Å². The Morgan fingerprint density at radius 3 is 2.29 bits per heavy atom. The maximum atomic E-state index is 14.8. The van der Waals surface area contributed by atoms with Gasteiger partial charge in [-0.15, -0.1) is 0 Å². The van der Waals surface area contributed by atoms with Crippen LogP contribution in [-0.2, 0) is 16.2 Å². The zero-order valence-corrected chi connectivity index (χ0v) is 18.4. The number of aromatic nitrogens is 2. The van der Waals surface area contributed by atoms with E-state index < -0.39 is 67.6 Å². The number of aromatic amines is 1. The average Bonchev–Trinajstić information content (AvgIpc) is 2.80. The Balaban J connectivity index is 2.35. The van der Waals surface area contributed by atoms with Gasteiger partial charge in [0, 0.05) is 11.6 Å². The van der Waals surface area contributed by atoms with Crippen LogP contribution in [0.2, 0.25) is 0 Å². The highest BCUT2D eigenvalue weighted by Crippen LogP contribution is 2.30. The van der Waals surface area contributed by atoms with Crippen LogP contribution in [0.25, 0.3) is 5.69 Å². The summed E-state index contributed by atoms with van der Waals surface area (Å²) < 4.78 is 79.4. The van der Waals surface area contributed by atoms with Crippen LogP contribution in [0.1, 0.15) is 28.5 Å². The van der Waals surface area contributed by atoms with Crippen molar-refractivity contribution in [3.8, 4) is 11.8 Å². The molecule has 3 rings (SSSR count). The number of nitriles is 1. The van der Waals surface area contributed by atoms with Crippen molar-refractivity contribution in [2.45, 2.75) is 13.1 Å². The largest absolute Gasteiger partial charge is 0.431 e. The van der Waals surface area contributed by atoms with Gasteiger partial charge < -0.3 is 4.98 Å². The molecule has 0 radical (unpaired) electrons. The first-order chi connectivity index (χ1) is 16.3. The van der Waals surface area contributed by atoms with Gasteiger partial charge in [0.15, 0.2) is 0 Å². The third-order valence-electron chi connectivity index (χ3n) is 4.73. The molecule has 0 fully saturated rings. The van der Waals surface area contributed by atoms with Crippen LogP contribution < -0.4 is 15.6 Å². The molecular formula is C21H14F4N4O5S. The van der Waals surface area contributed by atoms with Gasteiger partial charge in [-0.3, -0.25) is 9.59 Å². The number of amides is 1. The second kappa shape index (κ2) is 9.18. The monoisotopic (exact) mass is 510 g/mol. The minimum atomic E-state index is -5.08. The number of benzene rings is 2. The van der Waals surface area contributed by atoms with E-state index in [1.165, 1.54) is 42.2 Å². The first-order valence-electron chi connectivity index (χ1n) is 9.61. The lowest BCUT2D eigenvalue weighted by atomic mass is 10.1. The quantitative estimate of drug-likeness (QED) is 0.525. The van der Waals surface area contributed by atoms with Crippen LogP contribution in [0.5, 0.6) is 0 Å². The van der Waals surface area contributed by atoms with Gasteiger partial charge >= 0.3 is 11.9 Å². The molecule has 1 heterocycles. The molecule has 0 saturated carbocycles. The van der Waals surface area contributed by atoms with Crippen molar-refractivity contribution in [1.29, 1.82) is 5.26 Å². The molecule has 0 saturated heterocycles. The Kier molecular flexibility index (Phi) is 6.66. The molecule has 0 atom stereocenters. The highest BCUT2D eigenvalue weighted by molar-refractivity contribution is 7.93. The van der Waals surface area contributed by atoms with Gasteiger partial charge in [0.1, 0.15) is 17.6 Å². The number of hydrogen-bond acceptors (Lipinski definition) is 6. The van der Waals surface area contributed by atoms with Crippen molar-refractivity contribution in [2.24, 2.45) is 0 Å². The summed E-state index contributed by atoms with van der Waals surface area (Å²) in [5, 5.41) is 9.47. The maximum Gasteiger partial charge on any atom is 0.431 e. The normalized spacial score (nSPS) is 11.7. The van der Waals surface area contributed by atoms with Crippen molar-refractivity contribution in [2.75, 3.05) is 10.1 Å². The fourth-order valence-corrected chi connectivity index (χ4v) is 4.14. The average molecular weight is 510 g/mol. The number of rotatable bonds is 5. The lowest BCUT2D eigenvalue weighted by Gasteiger charge is -2.24. The minimum absolute atomic E-state index is 0.00833. The molecule has 1 amide bonds. The Morgan fingerprint density at radius 1 is 1.14 bits per heavy atom. The van der Waals surface area contributed by atoms with Crippen molar-refractivity contribution in [3.63, 3.8) is 0 Å². The molecular weight excluding hydrogens is 496 g/mol. The van der Waals surface area contributed by atoms with E-state index >= 15 is 0 Å². The SMILES string of the molecule is CCS(=O)(=O)N(C(=O)c1ccccc1)c1cc(-n2c(=O)cc(C(F)(F)F)[nH]c2=O)c(F)cc1C#N. The molecule has 0 aliphatic rings. The molecule has 0 aliphatic heterocycles. The van der Waals surface area contributed by atoms with Crippen molar-refractivity contribution in [3.05, 3.63) is 92.0 Å². The van der Waals surface area contributed by atoms with Crippen LogP contribution >= 0.6 is 0 Å². The molecule has 0 aliphatic carbocycles.